The molecule has 18 heteroatoms. The summed E-state index contributed by atoms with van der Waals surface area (Å²) in [4.78, 5) is 38.1. The van der Waals surface area contributed by atoms with Crippen molar-refractivity contribution in [3.8, 4) is 0 Å². The number of hydrogen-bond acceptors (Lipinski definition) is 15. The fourth-order valence-corrected chi connectivity index (χ4v) is 8.08. The van der Waals surface area contributed by atoms with Crippen LogP contribution in [0.15, 0.2) is 79.1 Å². The average molecular weight is 788 g/mol. The summed E-state index contributed by atoms with van der Waals surface area (Å²) in [6.07, 6.45) is -2.60. The van der Waals surface area contributed by atoms with Crippen molar-refractivity contribution in [3.63, 3.8) is 0 Å². The van der Waals surface area contributed by atoms with Gasteiger partial charge in [0.15, 0.2) is 29.3 Å². The Morgan fingerprint density at radius 1 is 0.931 bits per heavy atom. The van der Waals surface area contributed by atoms with Crippen LogP contribution in [0.3, 0.4) is 0 Å². The Morgan fingerprint density at radius 2 is 1.67 bits per heavy atom. The fraction of sp³-hybridized carbons (Fsp3) is 0.400. The number of aryl methyl sites for hydroxylation is 1. The van der Waals surface area contributed by atoms with E-state index in [0.717, 1.165) is 16.9 Å². The Balaban J connectivity index is 1.07. The number of nitrogens with one attached hydrogen (secondary N) is 1. The van der Waals surface area contributed by atoms with Crippen LogP contribution in [-0.2, 0) is 16.0 Å². The lowest BCUT2D eigenvalue weighted by Crippen LogP contribution is -2.37. The third-order valence-corrected chi connectivity index (χ3v) is 11.2. The molecule has 5 atom stereocenters. The molecule has 3 aliphatic heterocycles. The number of pyridine rings is 1. The third-order valence-electron chi connectivity index (χ3n) is 11.2. The van der Waals surface area contributed by atoms with Crippen molar-refractivity contribution in [2.75, 3.05) is 61.1 Å². The van der Waals surface area contributed by atoms with Crippen LogP contribution in [0.2, 0.25) is 0 Å². The Bertz CT molecular complexity index is 2330. The quantitative estimate of drug-likeness (QED) is 0.140. The number of anilines is 3. The highest BCUT2D eigenvalue weighted by Crippen LogP contribution is 2.40. The molecule has 0 aliphatic carbocycles. The number of rotatable bonds is 12. The van der Waals surface area contributed by atoms with Gasteiger partial charge in [-0.1, -0.05) is 60.7 Å². The molecule has 2 aromatic carbocycles. The minimum atomic E-state index is -1.36. The summed E-state index contributed by atoms with van der Waals surface area (Å²) < 4.78 is 13.4. The minimum absolute atomic E-state index is 0.0221. The molecule has 0 spiro atoms. The van der Waals surface area contributed by atoms with Crippen LogP contribution in [0.4, 0.5) is 17.6 Å². The zero-order valence-corrected chi connectivity index (χ0v) is 31.9. The summed E-state index contributed by atoms with van der Waals surface area (Å²) in [5.74, 6) is 1.16. The van der Waals surface area contributed by atoms with E-state index in [0.29, 0.717) is 93.1 Å². The molecule has 5 N–H and O–H groups in total. The van der Waals surface area contributed by atoms with Crippen LogP contribution >= 0.6 is 0 Å². The number of carbonyl (C=O) groups is 1. The number of fused-ring (bicyclic) bond motifs is 1. The fourth-order valence-electron chi connectivity index (χ4n) is 8.08. The average Bonchev–Trinajstić information content (AvgIpc) is 4.09. The van der Waals surface area contributed by atoms with Gasteiger partial charge in [0.1, 0.15) is 18.0 Å². The zero-order valence-electron chi connectivity index (χ0n) is 31.9. The molecule has 6 aromatic rings. The van der Waals surface area contributed by atoms with Crippen molar-refractivity contribution >= 4 is 34.7 Å². The van der Waals surface area contributed by atoms with E-state index >= 15 is 0 Å². The van der Waals surface area contributed by atoms with Crippen molar-refractivity contribution in [1.29, 1.82) is 0 Å². The second kappa shape index (κ2) is 16.0. The van der Waals surface area contributed by atoms with Crippen LogP contribution in [0, 0.1) is 0 Å². The number of morpholine rings is 1. The van der Waals surface area contributed by atoms with Crippen molar-refractivity contribution < 1.29 is 24.5 Å². The van der Waals surface area contributed by atoms with Crippen LogP contribution in [0.5, 0.6) is 0 Å². The van der Waals surface area contributed by atoms with Gasteiger partial charge in [0.05, 0.1) is 37.3 Å². The van der Waals surface area contributed by atoms with Gasteiger partial charge in [0.25, 0.3) is 5.91 Å². The number of nitrogens with two attached hydrogens (primary N) is 1. The molecule has 4 aromatic heterocycles. The zero-order chi connectivity index (χ0) is 39.8. The smallest absolute Gasteiger partial charge is 0.250 e. The number of tetrazole rings is 1. The number of aliphatic hydroxyl groups is 2. The van der Waals surface area contributed by atoms with E-state index in [1.807, 2.05) is 49.4 Å². The Kier molecular flexibility index (Phi) is 10.4. The summed E-state index contributed by atoms with van der Waals surface area (Å²) in [6, 6.07) is 24.2. The predicted octanol–water partition coefficient (Wildman–Crippen LogP) is 2.39. The molecule has 0 radical (unpaired) electrons. The molecule has 18 nitrogen and oxygen atoms in total. The van der Waals surface area contributed by atoms with E-state index in [2.05, 4.69) is 54.8 Å². The lowest BCUT2D eigenvalue weighted by Gasteiger charge is -2.29. The molecular formula is C40H45N13O5. The maximum atomic E-state index is 12.7. The lowest BCUT2D eigenvalue weighted by molar-refractivity contribution is -0.0384. The summed E-state index contributed by atoms with van der Waals surface area (Å²) in [5.41, 5.74) is 10.0. The summed E-state index contributed by atoms with van der Waals surface area (Å²) in [6.45, 7) is 6.51. The molecule has 3 saturated heterocycles. The minimum Gasteiger partial charge on any atom is -0.387 e. The molecule has 7 heterocycles. The van der Waals surface area contributed by atoms with Gasteiger partial charge < -0.3 is 40.5 Å². The monoisotopic (exact) mass is 787 g/mol. The van der Waals surface area contributed by atoms with Crippen LogP contribution in [-0.4, -0.2) is 119 Å². The number of carbonyl (C=O) groups excluding carboxylic acids is 1. The highest BCUT2D eigenvalue weighted by Gasteiger charge is 2.47. The van der Waals surface area contributed by atoms with E-state index in [4.69, 9.17) is 35.1 Å². The highest BCUT2D eigenvalue weighted by atomic mass is 16.6. The highest BCUT2D eigenvalue weighted by molar-refractivity contribution is 5.94. The number of primary amides is 1. The summed E-state index contributed by atoms with van der Waals surface area (Å²) in [7, 11) is 0. The van der Waals surface area contributed by atoms with Gasteiger partial charge in [-0.05, 0) is 41.8 Å². The maximum absolute atomic E-state index is 12.7. The Hall–Kier alpha value is -6.08. The Morgan fingerprint density at radius 3 is 2.36 bits per heavy atom. The van der Waals surface area contributed by atoms with Gasteiger partial charge in [-0.25, -0.2) is 9.97 Å². The standard InChI is InChI=1S/C40H45N13O5/c1-2-53-48-37(47-49-53)34-32(54)33(55)39(58-34)52-23-43-31-36(42-21-28(24-9-5-3-6-10-24)25-11-7-4-8-12-25)45-40(46-38(31)52)51-16-15-26(22-51)30-27(35(41)56)13-14-29(44-30)50-17-19-57-20-18-50/h3-14,23,26,28,32-34,39,54-55H,2,15-22H2,1H3,(H2,41,56)(H,42,45,46)/t26-,32+,33-,34+,39-/m1/s1. The van der Waals surface area contributed by atoms with Gasteiger partial charge in [0, 0.05) is 44.6 Å². The number of hydrogen-bond donors (Lipinski definition) is 4. The first-order valence-electron chi connectivity index (χ1n) is 19.6. The van der Waals surface area contributed by atoms with E-state index in [9.17, 15) is 15.0 Å². The van der Waals surface area contributed by atoms with E-state index < -0.39 is 30.4 Å². The van der Waals surface area contributed by atoms with Crippen LogP contribution in [0.1, 0.15) is 70.5 Å². The van der Waals surface area contributed by atoms with Gasteiger partial charge in [-0.2, -0.15) is 14.8 Å². The first-order chi connectivity index (χ1) is 28.4. The topological polar surface area (TPSA) is 221 Å². The first kappa shape index (κ1) is 37.5. The normalized spacial score (nSPS) is 22.3. The third kappa shape index (κ3) is 7.19. The molecule has 0 saturated carbocycles. The lowest BCUT2D eigenvalue weighted by atomic mass is 9.91. The molecule has 300 valence electrons. The SMILES string of the molecule is CCn1nnc([C@H]2O[C@@H](n3cnc4c(NCC(c5ccccc5)c5ccccc5)nc(N5CC[C@@H](c6nc(N7CCOCC7)ccc6C(N)=O)C5)nc43)[C@H](O)[C@@H]2O)n1. The predicted molar refractivity (Wildman–Crippen MR) is 212 cm³/mol. The molecule has 58 heavy (non-hydrogen) atoms. The second-order valence-electron chi connectivity index (χ2n) is 14.7. The summed E-state index contributed by atoms with van der Waals surface area (Å²) >= 11 is 0. The molecule has 3 fully saturated rings. The van der Waals surface area contributed by atoms with Crippen molar-refractivity contribution in [2.45, 2.75) is 56.3 Å². The number of aliphatic hydroxyl groups excluding tert-OH is 2. The largest absolute Gasteiger partial charge is 0.387 e. The first-order valence-corrected chi connectivity index (χ1v) is 19.6. The van der Waals surface area contributed by atoms with Gasteiger partial charge in [-0.15, -0.1) is 10.2 Å². The number of amides is 1. The number of imidazole rings is 1. The Labute approximate surface area is 333 Å². The van der Waals surface area contributed by atoms with Crippen LogP contribution < -0.4 is 20.9 Å². The number of benzene rings is 2. The number of nitrogens with zero attached hydrogens (tertiary/aromatic N) is 11. The van der Waals surface area contributed by atoms with Crippen molar-refractivity contribution in [2.24, 2.45) is 5.73 Å². The van der Waals surface area contributed by atoms with E-state index in [1.54, 1.807) is 10.6 Å². The molecule has 1 amide bonds. The van der Waals surface area contributed by atoms with E-state index in [-0.39, 0.29) is 17.7 Å². The molecule has 0 unspecified atom stereocenters. The second-order valence-corrected chi connectivity index (χ2v) is 14.7. The van der Waals surface area contributed by atoms with E-state index in [1.165, 1.54) is 11.1 Å². The van der Waals surface area contributed by atoms with Crippen LogP contribution in [0.25, 0.3) is 11.2 Å². The van der Waals surface area contributed by atoms with Gasteiger partial charge >= 0.3 is 0 Å². The summed E-state index contributed by atoms with van der Waals surface area (Å²) in [5, 5.41) is 38.5. The maximum Gasteiger partial charge on any atom is 0.250 e. The number of aromatic nitrogens is 9. The van der Waals surface area contributed by atoms with Gasteiger partial charge in [-0.3, -0.25) is 9.36 Å². The number of ether oxygens (including phenoxy) is 2. The molecule has 3 aliphatic rings. The van der Waals surface area contributed by atoms with Crippen molar-refractivity contribution in [1.82, 2.24) is 44.7 Å². The molecular weight excluding hydrogens is 743 g/mol. The molecule has 9 rings (SSSR count). The molecule has 0 bridgehead atoms. The van der Waals surface area contributed by atoms with Crippen molar-refractivity contribution in [3.05, 3.63) is 107 Å². The van der Waals surface area contributed by atoms with Gasteiger partial charge in [0.2, 0.25) is 11.8 Å².